The molecule has 3 aliphatic heterocycles. The molecular weight excluding hydrogens is 490 g/mol. The van der Waals surface area contributed by atoms with Crippen molar-refractivity contribution >= 4 is 47.4 Å². The molecule has 3 fully saturated rings. The molecule has 36 heavy (non-hydrogen) atoms. The number of hydrogen-bond donors (Lipinski definition) is 3. The van der Waals surface area contributed by atoms with E-state index < -0.39 is 63.9 Å². The lowest BCUT2D eigenvalue weighted by Gasteiger charge is -2.44. The molecule has 13 heteroatoms. The molecule has 3 N–H and O–H groups in total. The van der Waals surface area contributed by atoms with Crippen molar-refractivity contribution in [3.8, 4) is 0 Å². The lowest BCUT2D eigenvalue weighted by Crippen LogP contribution is -2.71. The summed E-state index contributed by atoms with van der Waals surface area (Å²) in [5.41, 5.74) is 0.403. The molecule has 6 amide bonds. The van der Waals surface area contributed by atoms with Gasteiger partial charge in [0.05, 0.1) is 0 Å². The molecule has 3 saturated heterocycles. The fourth-order valence-electron chi connectivity index (χ4n) is 4.70. The number of carboxylic acid groups (broad SMARTS) is 1. The van der Waals surface area contributed by atoms with Crippen molar-refractivity contribution < 1.29 is 33.9 Å². The van der Waals surface area contributed by atoms with Crippen molar-refractivity contribution in [2.75, 3.05) is 19.6 Å². The second-order valence-electron chi connectivity index (χ2n) is 9.22. The molecule has 4 atom stereocenters. The number of imide groups is 1. The van der Waals surface area contributed by atoms with Gasteiger partial charge in [-0.05, 0) is 26.3 Å². The Morgan fingerprint density at radius 2 is 1.78 bits per heavy atom. The molecule has 0 spiro atoms. The van der Waals surface area contributed by atoms with Crippen LogP contribution in [0.1, 0.15) is 32.4 Å². The van der Waals surface area contributed by atoms with Crippen molar-refractivity contribution in [2.24, 2.45) is 0 Å². The number of benzene rings is 1. The summed E-state index contributed by atoms with van der Waals surface area (Å²) in [6, 6.07) is 4.11. The van der Waals surface area contributed by atoms with Crippen LogP contribution in [0.4, 0.5) is 4.79 Å². The number of nitrogens with one attached hydrogen (secondary N) is 2. The smallest absolute Gasteiger partial charge is 0.327 e. The van der Waals surface area contributed by atoms with Crippen LogP contribution in [-0.2, 0) is 24.0 Å². The molecule has 12 nitrogen and oxygen atoms in total. The number of piperazine rings is 1. The van der Waals surface area contributed by atoms with Gasteiger partial charge < -0.3 is 25.5 Å². The Bertz CT molecular complexity index is 1130. The number of carboxylic acids is 1. The average molecular weight is 518 g/mol. The number of hydrogen-bond acceptors (Lipinski definition) is 7. The van der Waals surface area contributed by atoms with Crippen LogP contribution >= 0.6 is 11.8 Å². The van der Waals surface area contributed by atoms with E-state index in [0.717, 1.165) is 4.90 Å². The van der Waals surface area contributed by atoms with E-state index in [4.69, 9.17) is 0 Å². The van der Waals surface area contributed by atoms with Gasteiger partial charge in [0.25, 0.3) is 0 Å². The third-order valence-electron chi connectivity index (χ3n) is 6.57. The van der Waals surface area contributed by atoms with E-state index in [-0.39, 0.29) is 13.1 Å². The first-order chi connectivity index (χ1) is 17.0. The maximum atomic E-state index is 13.3. The summed E-state index contributed by atoms with van der Waals surface area (Å²) in [5.74, 6) is -4.12. The lowest BCUT2D eigenvalue weighted by molar-refractivity contribution is -0.161. The van der Waals surface area contributed by atoms with Crippen LogP contribution in [-0.4, -0.2) is 97.3 Å². The van der Waals surface area contributed by atoms with E-state index in [1.54, 1.807) is 51.1 Å². The van der Waals surface area contributed by atoms with Gasteiger partial charge in [-0.25, -0.2) is 9.59 Å². The van der Waals surface area contributed by atoms with E-state index in [9.17, 15) is 33.9 Å². The SMILES string of the molecule is CCN1CCN(C(=O)N[C@@H](C(=O)N[C@H]2C(=O)N3[C@@H]2SC(C)(C)[C@@H]3C(=O)O)c2ccccc2)C(=O)C1=O. The Kier molecular flexibility index (Phi) is 6.69. The Morgan fingerprint density at radius 1 is 1.11 bits per heavy atom. The molecule has 0 aliphatic carbocycles. The number of carbonyl (C=O) groups excluding carboxylic acids is 5. The number of fused-ring (bicyclic) bond motifs is 1. The largest absolute Gasteiger partial charge is 0.480 e. The number of likely N-dealkylation sites (N-methyl/N-ethyl adjacent to an activating group) is 1. The fraction of sp³-hybridized carbons (Fsp3) is 0.478. The second kappa shape index (κ2) is 9.45. The number of thioether (sulfide) groups is 1. The highest BCUT2D eigenvalue weighted by Crippen LogP contribution is 2.50. The first-order valence-corrected chi connectivity index (χ1v) is 12.3. The van der Waals surface area contributed by atoms with E-state index in [1.165, 1.54) is 21.6 Å². The summed E-state index contributed by atoms with van der Waals surface area (Å²) in [6.45, 7) is 5.67. The van der Waals surface area contributed by atoms with Gasteiger partial charge >= 0.3 is 23.8 Å². The quantitative estimate of drug-likeness (QED) is 0.345. The summed E-state index contributed by atoms with van der Waals surface area (Å²) in [7, 11) is 0. The minimum Gasteiger partial charge on any atom is -0.480 e. The van der Waals surface area contributed by atoms with Crippen molar-refractivity contribution in [3.05, 3.63) is 35.9 Å². The van der Waals surface area contributed by atoms with Crippen molar-refractivity contribution in [2.45, 2.75) is 49.0 Å². The summed E-state index contributed by atoms with van der Waals surface area (Å²) in [5, 5.41) is 14.2. The minimum absolute atomic E-state index is 0.0200. The molecule has 0 unspecified atom stereocenters. The molecule has 1 aromatic carbocycles. The summed E-state index contributed by atoms with van der Waals surface area (Å²) >= 11 is 1.28. The predicted octanol–water partition coefficient (Wildman–Crippen LogP) is -0.240. The van der Waals surface area contributed by atoms with Crippen molar-refractivity contribution in [1.82, 2.24) is 25.3 Å². The Labute approximate surface area is 211 Å². The number of β-lactam (4-membered cyclic amide) rings is 1. The van der Waals surface area contributed by atoms with Crippen molar-refractivity contribution in [1.29, 1.82) is 0 Å². The van der Waals surface area contributed by atoms with Gasteiger partial charge in [-0.2, -0.15) is 0 Å². The van der Waals surface area contributed by atoms with Crippen LogP contribution in [0, 0.1) is 0 Å². The van der Waals surface area contributed by atoms with Gasteiger partial charge in [0, 0.05) is 24.4 Å². The van der Waals surface area contributed by atoms with Crippen LogP contribution < -0.4 is 10.6 Å². The van der Waals surface area contributed by atoms with Gasteiger partial charge in [0.2, 0.25) is 11.8 Å². The van der Waals surface area contributed by atoms with Crippen LogP contribution in [0.25, 0.3) is 0 Å². The van der Waals surface area contributed by atoms with Gasteiger partial charge in [0.15, 0.2) is 0 Å². The van der Waals surface area contributed by atoms with Crippen molar-refractivity contribution in [3.63, 3.8) is 0 Å². The predicted molar refractivity (Wildman–Crippen MR) is 127 cm³/mol. The van der Waals surface area contributed by atoms with Crippen LogP contribution in [0.3, 0.4) is 0 Å². The highest BCUT2D eigenvalue weighted by atomic mass is 32.2. The number of carbonyl (C=O) groups is 6. The fourth-order valence-corrected chi connectivity index (χ4v) is 6.32. The van der Waals surface area contributed by atoms with E-state index >= 15 is 0 Å². The molecule has 0 radical (unpaired) electrons. The first-order valence-electron chi connectivity index (χ1n) is 11.5. The Hall–Kier alpha value is -3.61. The molecule has 0 aromatic heterocycles. The number of aliphatic carboxylic acids is 1. The zero-order chi connectivity index (χ0) is 26.4. The molecule has 3 aliphatic rings. The van der Waals surface area contributed by atoms with Crippen LogP contribution in [0.5, 0.6) is 0 Å². The topological polar surface area (TPSA) is 156 Å². The maximum Gasteiger partial charge on any atom is 0.327 e. The summed E-state index contributed by atoms with van der Waals surface area (Å²) < 4.78 is -0.758. The van der Waals surface area contributed by atoms with Crippen LogP contribution in [0.2, 0.25) is 0 Å². The zero-order valence-electron chi connectivity index (χ0n) is 20.0. The number of nitrogens with zero attached hydrogens (tertiary/aromatic N) is 3. The van der Waals surface area contributed by atoms with E-state index in [0.29, 0.717) is 12.1 Å². The molecular formula is C23H27N5O7S. The normalized spacial score (nSPS) is 25.7. The van der Waals surface area contributed by atoms with Gasteiger partial charge in [-0.3, -0.25) is 24.1 Å². The lowest BCUT2D eigenvalue weighted by atomic mass is 9.95. The molecule has 0 bridgehead atoms. The van der Waals surface area contributed by atoms with Gasteiger partial charge in [-0.1, -0.05) is 30.3 Å². The zero-order valence-corrected chi connectivity index (χ0v) is 20.8. The molecule has 0 saturated carbocycles. The number of amides is 6. The van der Waals surface area contributed by atoms with Gasteiger partial charge in [-0.15, -0.1) is 11.8 Å². The first kappa shape index (κ1) is 25.5. The second-order valence-corrected chi connectivity index (χ2v) is 11.0. The molecule has 192 valence electrons. The minimum atomic E-state index is -1.26. The highest BCUT2D eigenvalue weighted by Gasteiger charge is 2.64. The van der Waals surface area contributed by atoms with E-state index in [1.807, 2.05) is 0 Å². The van der Waals surface area contributed by atoms with E-state index in [2.05, 4.69) is 10.6 Å². The maximum absolute atomic E-state index is 13.3. The summed E-state index contributed by atoms with van der Waals surface area (Å²) in [6.07, 6.45) is 0. The number of urea groups is 1. The third kappa shape index (κ3) is 4.27. The molecule has 1 aromatic rings. The van der Waals surface area contributed by atoms with Crippen LogP contribution in [0.15, 0.2) is 30.3 Å². The Balaban J connectivity index is 1.51. The monoisotopic (exact) mass is 517 g/mol. The standard InChI is InChI=1S/C23H27N5O7S/c1-4-26-10-11-27(19(32)18(26)31)22(35)25-13(12-8-6-5-7-9-12)16(29)24-14-17(30)28-15(21(33)34)23(2,3)36-20(14)28/h5-9,13-15,20H,4,10-11H2,1-3H3,(H,24,29)(H,25,35)(H,33,34)/t13-,14+,15+,20-/m1/s1. The Morgan fingerprint density at radius 3 is 2.39 bits per heavy atom. The highest BCUT2D eigenvalue weighted by molar-refractivity contribution is 8.01. The third-order valence-corrected chi connectivity index (χ3v) is 8.14. The van der Waals surface area contributed by atoms with Gasteiger partial charge in [0.1, 0.15) is 23.5 Å². The summed E-state index contributed by atoms with van der Waals surface area (Å²) in [4.78, 5) is 78.8. The molecule has 4 rings (SSSR count). The average Bonchev–Trinajstić information content (AvgIpc) is 3.10. The number of rotatable bonds is 6. The molecule has 3 heterocycles.